The van der Waals surface area contributed by atoms with Crippen molar-refractivity contribution in [3.8, 4) is 0 Å². The third-order valence-electron chi connectivity index (χ3n) is 4.68. The van der Waals surface area contributed by atoms with Crippen LogP contribution in [0.4, 0.5) is 0 Å². The number of aryl methyl sites for hydroxylation is 2. The summed E-state index contributed by atoms with van der Waals surface area (Å²) in [4.78, 5) is 11.7. The topological polar surface area (TPSA) is 63.2 Å². The highest BCUT2D eigenvalue weighted by Crippen LogP contribution is 2.33. The van der Waals surface area contributed by atoms with E-state index >= 15 is 0 Å². The fourth-order valence-electron chi connectivity index (χ4n) is 3.14. The van der Waals surface area contributed by atoms with Gasteiger partial charge in [-0.2, -0.15) is 0 Å². The van der Waals surface area contributed by atoms with Gasteiger partial charge in [0, 0.05) is 12.5 Å². The van der Waals surface area contributed by atoms with Gasteiger partial charge in [0.2, 0.25) is 10.0 Å². The highest BCUT2D eigenvalue weighted by Gasteiger charge is 2.27. The highest BCUT2D eigenvalue weighted by molar-refractivity contribution is 7.89. The second-order valence-corrected chi connectivity index (χ2v) is 8.35. The summed E-state index contributed by atoms with van der Waals surface area (Å²) < 4.78 is 28.1. The van der Waals surface area contributed by atoms with Crippen LogP contribution >= 0.6 is 0 Å². The van der Waals surface area contributed by atoms with E-state index in [-0.39, 0.29) is 16.7 Å². The minimum Gasteiger partial charge on any atom is -0.295 e. The van der Waals surface area contributed by atoms with E-state index in [1.807, 2.05) is 38.1 Å². The fourth-order valence-corrected chi connectivity index (χ4v) is 4.39. The molecule has 136 valence electrons. The molecule has 26 heavy (non-hydrogen) atoms. The van der Waals surface area contributed by atoms with Crippen LogP contribution in [-0.4, -0.2) is 14.2 Å². The van der Waals surface area contributed by atoms with Crippen molar-refractivity contribution in [1.29, 1.82) is 0 Å². The Morgan fingerprint density at radius 2 is 1.92 bits per heavy atom. The average molecular weight is 369 g/mol. The van der Waals surface area contributed by atoms with Gasteiger partial charge in [-0.1, -0.05) is 48.9 Å². The van der Waals surface area contributed by atoms with Gasteiger partial charge in [0.15, 0.2) is 5.78 Å². The largest absolute Gasteiger partial charge is 0.295 e. The lowest BCUT2D eigenvalue weighted by Gasteiger charge is -2.15. The van der Waals surface area contributed by atoms with E-state index in [9.17, 15) is 13.2 Å². The Morgan fingerprint density at radius 1 is 1.19 bits per heavy atom. The van der Waals surface area contributed by atoms with Gasteiger partial charge in [0.05, 0.1) is 4.90 Å². The number of rotatable bonds is 6. The molecule has 0 aliphatic heterocycles. The molecule has 5 heteroatoms. The Bertz CT molecular complexity index is 944. The molecule has 0 radical (unpaired) electrons. The van der Waals surface area contributed by atoms with Gasteiger partial charge in [-0.15, -0.1) is 0 Å². The number of sulfonamides is 1. The minimum absolute atomic E-state index is 0.0919. The minimum atomic E-state index is -3.55. The van der Waals surface area contributed by atoms with Crippen LogP contribution in [0.25, 0.3) is 6.08 Å². The zero-order valence-electron chi connectivity index (χ0n) is 15.0. The fraction of sp³-hybridized carbons (Fsp3) is 0.286. The average Bonchev–Trinajstić information content (AvgIpc) is 3.01. The Kier molecular flexibility index (Phi) is 5.39. The van der Waals surface area contributed by atoms with Crippen molar-refractivity contribution < 1.29 is 13.2 Å². The third kappa shape index (κ3) is 4.11. The van der Waals surface area contributed by atoms with Crippen LogP contribution in [0.2, 0.25) is 0 Å². The Balaban J connectivity index is 1.78. The lowest BCUT2D eigenvalue weighted by atomic mass is 10.0. The summed E-state index contributed by atoms with van der Waals surface area (Å²) in [6.07, 6.45) is 5.45. The van der Waals surface area contributed by atoms with Crippen LogP contribution in [0.5, 0.6) is 0 Å². The molecule has 3 rings (SSSR count). The third-order valence-corrected chi connectivity index (χ3v) is 6.17. The monoisotopic (exact) mass is 369 g/mol. The quantitative estimate of drug-likeness (QED) is 0.784. The van der Waals surface area contributed by atoms with E-state index in [1.165, 1.54) is 0 Å². The first kappa shape index (κ1) is 18.5. The number of hydrogen-bond donors (Lipinski definition) is 1. The molecule has 4 nitrogen and oxygen atoms in total. The number of benzene rings is 2. The molecule has 0 fully saturated rings. The van der Waals surface area contributed by atoms with E-state index in [2.05, 4.69) is 4.72 Å². The maximum atomic E-state index is 12.6. The number of carbonyl (C=O) groups is 1. The van der Waals surface area contributed by atoms with Gasteiger partial charge in [0.25, 0.3) is 0 Å². The van der Waals surface area contributed by atoms with Crippen LogP contribution in [0, 0.1) is 6.92 Å². The first-order chi connectivity index (χ1) is 12.4. The van der Waals surface area contributed by atoms with Crippen molar-refractivity contribution in [2.24, 2.45) is 0 Å². The molecule has 0 saturated heterocycles. The van der Waals surface area contributed by atoms with Crippen molar-refractivity contribution in [3.05, 3.63) is 70.8 Å². The van der Waals surface area contributed by atoms with Crippen molar-refractivity contribution in [3.63, 3.8) is 0 Å². The molecule has 2 aromatic rings. The number of fused-ring (bicyclic) bond motifs is 1. The first-order valence-electron chi connectivity index (χ1n) is 8.82. The number of ketones is 1. The molecule has 1 aliphatic carbocycles. The summed E-state index contributed by atoms with van der Waals surface area (Å²) in [7, 11) is -3.55. The summed E-state index contributed by atoms with van der Waals surface area (Å²) in [5.74, 6) is 0.0919. The molecule has 1 N–H and O–H groups in total. The molecule has 0 amide bonds. The summed E-state index contributed by atoms with van der Waals surface area (Å²) in [5.41, 5.74) is 4.14. The predicted octanol–water partition coefficient (Wildman–Crippen LogP) is 3.95. The molecule has 1 aliphatic rings. The number of allylic oxidation sites excluding steroid dienone is 1. The van der Waals surface area contributed by atoms with E-state index < -0.39 is 10.0 Å². The van der Waals surface area contributed by atoms with Crippen molar-refractivity contribution >= 4 is 21.9 Å². The molecule has 0 spiro atoms. The molecule has 0 heterocycles. The van der Waals surface area contributed by atoms with Gasteiger partial charge < -0.3 is 0 Å². The van der Waals surface area contributed by atoms with Crippen LogP contribution in [0.3, 0.4) is 0 Å². The summed E-state index contributed by atoms with van der Waals surface area (Å²) in [5, 5.41) is 0. The molecule has 0 bridgehead atoms. The molecule has 1 atom stereocenters. The van der Waals surface area contributed by atoms with E-state index in [4.69, 9.17) is 0 Å². The lowest BCUT2D eigenvalue weighted by molar-refractivity contribution is -0.114. The number of carbonyl (C=O) groups excluding carboxylic acids is 1. The first-order valence-corrected chi connectivity index (χ1v) is 10.3. The van der Waals surface area contributed by atoms with E-state index in [0.29, 0.717) is 6.42 Å². The maximum absolute atomic E-state index is 12.6. The molecule has 1 unspecified atom stereocenters. The lowest BCUT2D eigenvalue weighted by Crippen LogP contribution is -2.27. The summed E-state index contributed by atoms with van der Waals surface area (Å²) in [6.45, 7) is 3.76. The van der Waals surface area contributed by atoms with Crippen molar-refractivity contribution in [2.45, 2.75) is 44.0 Å². The van der Waals surface area contributed by atoms with Gasteiger partial charge in [-0.3, -0.25) is 4.79 Å². The SMILES string of the molecule is CCC(=O)/C=C/c1ccc2c(c1)CCC2NS(=O)(=O)c1ccc(C)cc1. The van der Waals surface area contributed by atoms with Crippen molar-refractivity contribution in [2.75, 3.05) is 0 Å². The van der Waals surface area contributed by atoms with Gasteiger partial charge >= 0.3 is 0 Å². The molecule has 0 saturated carbocycles. The molecular weight excluding hydrogens is 346 g/mol. The van der Waals surface area contributed by atoms with Crippen LogP contribution in [0.1, 0.15) is 48.1 Å². The van der Waals surface area contributed by atoms with E-state index in [1.54, 1.807) is 30.3 Å². The number of nitrogens with one attached hydrogen (secondary N) is 1. The smallest absolute Gasteiger partial charge is 0.241 e. The summed E-state index contributed by atoms with van der Waals surface area (Å²) in [6, 6.07) is 12.6. The van der Waals surface area contributed by atoms with Crippen LogP contribution < -0.4 is 4.72 Å². The van der Waals surface area contributed by atoms with Crippen LogP contribution in [0.15, 0.2) is 53.4 Å². The van der Waals surface area contributed by atoms with Gasteiger partial charge in [-0.05, 0) is 54.7 Å². The zero-order valence-corrected chi connectivity index (χ0v) is 15.8. The maximum Gasteiger partial charge on any atom is 0.241 e. The second-order valence-electron chi connectivity index (χ2n) is 6.64. The Labute approximate surface area is 155 Å². The standard InChI is InChI=1S/C21H23NO3S/c1-3-18(23)9-6-16-7-12-20-17(14-16)8-13-21(20)22-26(24,25)19-10-4-15(2)5-11-19/h4-7,9-12,14,21-22H,3,8,13H2,1-2H3/b9-6+. The van der Waals surface area contributed by atoms with Gasteiger partial charge in [-0.25, -0.2) is 13.1 Å². The molecular formula is C21H23NO3S. The Hall–Kier alpha value is -2.24. The predicted molar refractivity (Wildman–Crippen MR) is 103 cm³/mol. The zero-order chi connectivity index (χ0) is 18.7. The molecule has 0 aromatic heterocycles. The number of hydrogen-bond acceptors (Lipinski definition) is 3. The van der Waals surface area contributed by atoms with E-state index in [0.717, 1.165) is 35.1 Å². The Morgan fingerprint density at radius 3 is 2.62 bits per heavy atom. The second kappa shape index (κ2) is 7.56. The van der Waals surface area contributed by atoms with Crippen LogP contribution in [-0.2, 0) is 21.2 Å². The normalized spacial score (nSPS) is 16.8. The summed E-state index contributed by atoms with van der Waals surface area (Å²) >= 11 is 0. The van der Waals surface area contributed by atoms with Crippen molar-refractivity contribution in [1.82, 2.24) is 4.72 Å². The molecule has 2 aromatic carbocycles. The highest BCUT2D eigenvalue weighted by atomic mass is 32.2. The van der Waals surface area contributed by atoms with Gasteiger partial charge in [0.1, 0.15) is 0 Å².